The van der Waals surface area contributed by atoms with Crippen molar-refractivity contribution in [2.75, 3.05) is 6.54 Å². The molecule has 0 saturated carbocycles. The Morgan fingerprint density at radius 3 is 2.50 bits per heavy atom. The van der Waals surface area contributed by atoms with Gasteiger partial charge in [-0.1, -0.05) is 20.8 Å². The summed E-state index contributed by atoms with van der Waals surface area (Å²) in [5.41, 5.74) is -0.542. The third-order valence-corrected chi connectivity index (χ3v) is 3.74. The molecule has 0 bridgehead atoms. The zero-order valence-electron chi connectivity index (χ0n) is 13.1. The normalized spacial score (nSPS) is 12.5. The lowest BCUT2D eigenvalue weighted by Gasteiger charge is -2.21. The maximum Gasteiger partial charge on any atom is 0.355 e. The van der Waals surface area contributed by atoms with Crippen LogP contribution in [-0.4, -0.2) is 40.5 Å². The summed E-state index contributed by atoms with van der Waals surface area (Å²) < 4.78 is 0. The van der Waals surface area contributed by atoms with E-state index in [1.807, 2.05) is 0 Å². The van der Waals surface area contributed by atoms with Crippen molar-refractivity contribution in [2.45, 2.75) is 40.2 Å². The number of aromatic nitrogens is 1. The Balaban J connectivity index is 2.39. The average molecular weight is 327 g/mol. The molecular weight excluding hydrogens is 306 g/mol. The highest BCUT2D eigenvalue weighted by Gasteiger charge is 2.24. The van der Waals surface area contributed by atoms with Crippen LogP contribution in [0.1, 0.15) is 43.2 Å². The van der Waals surface area contributed by atoms with Crippen molar-refractivity contribution >= 4 is 29.1 Å². The molecule has 1 aromatic rings. The smallest absolute Gasteiger partial charge is 0.355 e. The first-order valence-electron chi connectivity index (χ1n) is 6.87. The highest BCUT2D eigenvalue weighted by Crippen LogP contribution is 2.13. The maximum atomic E-state index is 11.9. The van der Waals surface area contributed by atoms with Crippen LogP contribution in [-0.2, 0) is 16.0 Å². The molecule has 8 heteroatoms. The van der Waals surface area contributed by atoms with Gasteiger partial charge in [0.15, 0.2) is 5.69 Å². The van der Waals surface area contributed by atoms with Crippen molar-refractivity contribution in [2.24, 2.45) is 5.41 Å². The number of carbonyl (C=O) groups excluding carboxylic acids is 2. The summed E-state index contributed by atoms with van der Waals surface area (Å²) in [5, 5.41) is 16.2. The zero-order valence-corrected chi connectivity index (χ0v) is 13.9. The molecule has 0 aliphatic heterocycles. The van der Waals surface area contributed by atoms with Crippen LogP contribution in [0.2, 0.25) is 0 Å². The summed E-state index contributed by atoms with van der Waals surface area (Å²) >= 11 is 1.24. The van der Waals surface area contributed by atoms with Gasteiger partial charge < -0.3 is 15.7 Å². The second kappa shape index (κ2) is 7.35. The van der Waals surface area contributed by atoms with Gasteiger partial charge in [0.2, 0.25) is 11.8 Å². The molecule has 122 valence electrons. The summed E-state index contributed by atoms with van der Waals surface area (Å²) in [4.78, 5) is 38.3. The number of amides is 2. The first kappa shape index (κ1) is 18.1. The van der Waals surface area contributed by atoms with E-state index >= 15 is 0 Å². The van der Waals surface area contributed by atoms with Crippen LogP contribution in [0.4, 0.5) is 0 Å². The van der Waals surface area contributed by atoms with Gasteiger partial charge in [0, 0.05) is 23.8 Å². The molecule has 0 aliphatic rings. The Bertz CT molecular complexity index is 563. The molecule has 1 heterocycles. The minimum absolute atomic E-state index is 0.0112. The van der Waals surface area contributed by atoms with E-state index in [1.54, 1.807) is 27.7 Å². The van der Waals surface area contributed by atoms with Gasteiger partial charge in [-0.2, -0.15) is 0 Å². The number of carbonyl (C=O) groups is 3. The van der Waals surface area contributed by atoms with Gasteiger partial charge in [0.05, 0.1) is 5.01 Å². The number of nitrogens with zero attached hydrogens (tertiary/aromatic N) is 1. The van der Waals surface area contributed by atoms with Crippen molar-refractivity contribution in [3.8, 4) is 0 Å². The topological polar surface area (TPSA) is 108 Å². The minimum Gasteiger partial charge on any atom is -0.476 e. The first-order chi connectivity index (χ1) is 10.1. The monoisotopic (exact) mass is 327 g/mol. The van der Waals surface area contributed by atoms with Crippen LogP contribution < -0.4 is 10.6 Å². The lowest BCUT2D eigenvalue weighted by molar-refractivity contribution is -0.133. The standard InChI is InChI=1S/C14H21N3O4S/c1-8(16-13(21)14(2,3)4)11(18)15-6-5-10-17-9(7-22-10)12(19)20/h7-8H,5-6H2,1-4H3,(H,15,18)(H,16,21)(H,19,20). The summed E-state index contributed by atoms with van der Waals surface area (Å²) in [6.45, 7) is 7.27. The molecule has 0 aliphatic carbocycles. The van der Waals surface area contributed by atoms with E-state index in [9.17, 15) is 14.4 Å². The van der Waals surface area contributed by atoms with E-state index in [1.165, 1.54) is 16.7 Å². The van der Waals surface area contributed by atoms with Gasteiger partial charge in [-0.25, -0.2) is 9.78 Å². The number of thiazole rings is 1. The Labute approximate surface area is 133 Å². The molecule has 3 N–H and O–H groups in total. The van der Waals surface area contributed by atoms with E-state index in [0.717, 1.165) is 0 Å². The average Bonchev–Trinajstić information content (AvgIpc) is 2.86. The van der Waals surface area contributed by atoms with Gasteiger partial charge in [-0.3, -0.25) is 9.59 Å². The third kappa shape index (κ3) is 5.44. The number of hydrogen-bond acceptors (Lipinski definition) is 5. The van der Waals surface area contributed by atoms with Crippen molar-refractivity contribution in [1.29, 1.82) is 0 Å². The second-order valence-electron chi connectivity index (χ2n) is 5.92. The zero-order chi connectivity index (χ0) is 16.9. The van der Waals surface area contributed by atoms with E-state index in [4.69, 9.17) is 5.11 Å². The number of carboxylic acid groups (broad SMARTS) is 1. The van der Waals surface area contributed by atoms with Crippen molar-refractivity contribution < 1.29 is 19.5 Å². The molecule has 1 rings (SSSR count). The van der Waals surface area contributed by atoms with Gasteiger partial charge in [-0.15, -0.1) is 11.3 Å². The Kier molecular flexibility index (Phi) is 6.04. The molecular formula is C14H21N3O4S. The Morgan fingerprint density at radius 2 is 2.00 bits per heavy atom. The Hall–Kier alpha value is -1.96. The number of carboxylic acids is 1. The maximum absolute atomic E-state index is 11.9. The van der Waals surface area contributed by atoms with Crippen molar-refractivity contribution in [3.63, 3.8) is 0 Å². The van der Waals surface area contributed by atoms with Crippen LogP contribution in [0.3, 0.4) is 0 Å². The molecule has 0 radical (unpaired) electrons. The SMILES string of the molecule is CC(NC(=O)C(C)(C)C)C(=O)NCCc1nc(C(=O)O)cs1. The van der Waals surface area contributed by atoms with E-state index < -0.39 is 17.4 Å². The van der Waals surface area contributed by atoms with Gasteiger partial charge in [-0.05, 0) is 6.92 Å². The van der Waals surface area contributed by atoms with E-state index in [2.05, 4.69) is 15.6 Å². The Morgan fingerprint density at radius 1 is 1.36 bits per heavy atom. The lowest BCUT2D eigenvalue weighted by atomic mass is 9.95. The molecule has 7 nitrogen and oxygen atoms in total. The van der Waals surface area contributed by atoms with Crippen LogP contribution in [0.5, 0.6) is 0 Å². The molecule has 1 unspecified atom stereocenters. The second-order valence-corrected chi connectivity index (χ2v) is 6.86. The van der Waals surface area contributed by atoms with E-state index in [-0.39, 0.29) is 17.5 Å². The highest BCUT2D eigenvalue weighted by molar-refractivity contribution is 7.09. The highest BCUT2D eigenvalue weighted by atomic mass is 32.1. The molecule has 0 aromatic carbocycles. The summed E-state index contributed by atoms with van der Waals surface area (Å²) in [6, 6.07) is -0.627. The third-order valence-electron chi connectivity index (χ3n) is 2.83. The number of aromatic carboxylic acids is 1. The van der Waals surface area contributed by atoms with Crippen molar-refractivity contribution in [3.05, 3.63) is 16.1 Å². The molecule has 1 atom stereocenters. The van der Waals surface area contributed by atoms with Gasteiger partial charge >= 0.3 is 5.97 Å². The molecule has 2 amide bonds. The number of rotatable bonds is 6. The number of hydrogen-bond donors (Lipinski definition) is 3. The fourth-order valence-corrected chi connectivity index (χ4v) is 2.22. The fourth-order valence-electron chi connectivity index (χ4n) is 1.45. The van der Waals surface area contributed by atoms with Crippen LogP contribution in [0.25, 0.3) is 0 Å². The largest absolute Gasteiger partial charge is 0.476 e. The fraction of sp³-hybridized carbons (Fsp3) is 0.571. The molecule has 0 saturated heterocycles. The molecule has 0 spiro atoms. The predicted octanol–water partition coefficient (Wildman–Crippen LogP) is 1.05. The van der Waals surface area contributed by atoms with E-state index in [0.29, 0.717) is 18.0 Å². The van der Waals surface area contributed by atoms with Crippen molar-refractivity contribution in [1.82, 2.24) is 15.6 Å². The van der Waals surface area contributed by atoms with Gasteiger partial charge in [0.25, 0.3) is 0 Å². The van der Waals surface area contributed by atoms with Crippen LogP contribution in [0.15, 0.2) is 5.38 Å². The van der Waals surface area contributed by atoms with Crippen LogP contribution in [0, 0.1) is 5.41 Å². The minimum atomic E-state index is -1.06. The first-order valence-corrected chi connectivity index (χ1v) is 7.75. The number of nitrogens with one attached hydrogen (secondary N) is 2. The summed E-state index contributed by atoms with van der Waals surface area (Å²) in [7, 11) is 0. The quantitative estimate of drug-likeness (QED) is 0.724. The molecule has 1 aromatic heterocycles. The summed E-state index contributed by atoms with van der Waals surface area (Å²) in [5.74, 6) is -1.54. The summed E-state index contributed by atoms with van der Waals surface area (Å²) in [6.07, 6.45) is 0.448. The van der Waals surface area contributed by atoms with Crippen LogP contribution >= 0.6 is 11.3 Å². The predicted molar refractivity (Wildman–Crippen MR) is 82.8 cm³/mol. The lowest BCUT2D eigenvalue weighted by Crippen LogP contribution is -2.48. The molecule has 22 heavy (non-hydrogen) atoms. The molecule has 0 fully saturated rings. The van der Waals surface area contributed by atoms with Gasteiger partial charge in [0.1, 0.15) is 6.04 Å².